The molecular formula is C19H20NO4. The van der Waals surface area contributed by atoms with Crippen molar-refractivity contribution >= 4 is 12.1 Å². The summed E-state index contributed by atoms with van der Waals surface area (Å²) in [6.45, 7) is 1.96. The number of benzene rings is 2. The van der Waals surface area contributed by atoms with Crippen LogP contribution in [0.1, 0.15) is 24.0 Å². The standard InChI is InChI=1S/C19H20NO4/c21-18(23-14-16-8-3-1-4-9-16)12-7-13-20-19(22)24-15-17-10-5-2-6-11-17/h1-6,8-11,13H,7,12,14-15H2,(H,20,22). The molecule has 0 heterocycles. The van der Waals surface area contributed by atoms with E-state index in [1.54, 1.807) is 0 Å². The average Bonchev–Trinajstić information content (AvgIpc) is 2.63. The quantitative estimate of drug-likeness (QED) is 0.595. The molecular weight excluding hydrogens is 306 g/mol. The number of rotatable bonds is 8. The van der Waals surface area contributed by atoms with E-state index in [9.17, 15) is 9.59 Å². The van der Waals surface area contributed by atoms with Gasteiger partial charge in [-0.1, -0.05) is 60.7 Å². The number of alkyl carbamates (subject to hydrolysis) is 1. The van der Waals surface area contributed by atoms with Crippen molar-refractivity contribution < 1.29 is 19.1 Å². The van der Waals surface area contributed by atoms with Crippen molar-refractivity contribution in [1.82, 2.24) is 5.32 Å². The fourth-order valence-corrected chi connectivity index (χ4v) is 1.92. The van der Waals surface area contributed by atoms with Crippen LogP contribution in [0.4, 0.5) is 4.79 Å². The molecule has 0 spiro atoms. The third-order valence-corrected chi connectivity index (χ3v) is 3.17. The Bertz CT molecular complexity index is 571. The Morgan fingerprint density at radius 2 is 1.38 bits per heavy atom. The Hall–Kier alpha value is -2.82. The highest BCUT2D eigenvalue weighted by atomic mass is 16.5. The normalized spacial score (nSPS) is 10.0. The second-order valence-corrected chi connectivity index (χ2v) is 5.10. The zero-order valence-corrected chi connectivity index (χ0v) is 13.3. The fourth-order valence-electron chi connectivity index (χ4n) is 1.92. The van der Waals surface area contributed by atoms with Gasteiger partial charge in [0.1, 0.15) is 13.2 Å². The van der Waals surface area contributed by atoms with Crippen molar-refractivity contribution in [2.75, 3.05) is 0 Å². The van der Waals surface area contributed by atoms with Crippen LogP contribution in [0.2, 0.25) is 0 Å². The van der Waals surface area contributed by atoms with Gasteiger partial charge in [-0.3, -0.25) is 4.79 Å². The molecule has 5 nitrogen and oxygen atoms in total. The predicted molar refractivity (Wildman–Crippen MR) is 89.5 cm³/mol. The summed E-state index contributed by atoms with van der Waals surface area (Å²) in [5, 5.41) is 2.49. The molecule has 0 atom stereocenters. The minimum absolute atomic E-state index is 0.200. The number of hydrogen-bond donors (Lipinski definition) is 1. The molecule has 125 valence electrons. The maximum atomic E-state index is 11.6. The third kappa shape index (κ3) is 6.96. The number of esters is 1. The molecule has 1 radical (unpaired) electrons. The molecule has 0 aliphatic heterocycles. The first kappa shape index (κ1) is 17.5. The van der Waals surface area contributed by atoms with Gasteiger partial charge in [0.2, 0.25) is 0 Å². The number of amides is 1. The van der Waals surface area contributed by atoms with Crippen molar-refractivity contribution in [3.63, 3.8) is 0 Å². The first-order valence-electron chi connectivity index (χ1n) is 7.72. The van der Waals surface area contributed by atoms with Crippen LogP contribution in [-0.2, 0) is 27.5 Å². The van der Waals surface area contributed by atoms with Crippen molar-refractivity contribution in [3.05, 3.63) is 78.3 Å². The summed E-state index contributed by atoms with van der Waals surface area (Å²) in [6, 6.07) is 18.9. The van der Waals surface area contributed by atoms with Gasteiger partial charge in [-0.05, 0) is 17.5 Å². The minimum atomic E-state index is -0.545. The molecule has 0 aromatic heterocycles. The molecule has 0 aliphatic carbocycles. The molecule has 0 unspecified atom stereocenters. The lowest BCUT2D eigenvalue weighted by molar-refractivity contribution is -0.144. The van der Waals surface area contributed by atoms with Gasteiger partial charge in [0.15, 0.2) is 0 Å². The van der Waals surface area contributed by atoms with Gasteiger partial charge < -0.3 is 14.8 Å². The van der Waals surface area contributed by atoms with Gasteiger partial charge in [-0.2, -0.15) is 0 Å². The second kappa shape index (κ2) is 10.0. The predicted octanol–water partition coefficient (Wildman–Crippen LogP) is 3.60. The SMILES string of the molecule is O=C(CC[CH]NC(=O)OCc1ccccc1)OCc1ccccc1. The van der Waals surface area contributed by atoms with E-state index in [1.807, 2.05) is 60.7 Å². The summed E-state index contributed by atoms with van der Waals surface area (Å²) in [7, 11) is 0. The van der Waals surface area contributed by atoms with Crippen LogP contribution in [0.5, 0.6) is 0 Å². The largest absolute Gasteiger partial charge is 0.461 e. The molecule has 1 amide bonds. The van der Waals surface area contributed by atoms with Gasteiger partial charge >= 0.3 is 12.1 Å². The molecule has 0 saturated heterocycles. The molecule has 0 bridgehead atoms. The van der Waals surface area contributed by atoms with E-state index >= 15 is 0 Å². The van der Waals surface area contributed by atoms with E-state index < -0.39 is 6.09 Å². The highest BCUT2D eigenvalue weighted by Gasteiger charge is 2.06. The number of hydrogen-bond acceptors (Lipinski definition) is 4. The van der Waals surface area contributed by atoms with Crippen LogP contribution >= 0.6 is 0 Å². The highest BCUT2D eigenvalue weighted by molar-refractivity contribution is 5.70. The summed E-state index contributed by atoms with van der Waals surface area (Å²) in [4.78, 5) is 23.1. The summed E-state index contributed by atoms with van der Waals surface area (Å²) < 4.78 is 10.2. The lowest BCUT2D eigenvalue weighted by atomic mass is 10.2. The Morgan fingerprint density at radius 3 is 1.96 bits per heavy atom. The average molecular weight is 326 g/mol. The zero-order valence-electron chi connectivity index (χ0n) is 13.3. The maximum Gasteiger partial charge on any atom is 0.407 e. The topological polar surface area (TPSA) is 64.6 Å². The fraction of sp³-hybridized carbons (Fsp3) is 0.211. The monoisotopic (exact) mass is 326 g/mol. The summed E-state index contributed by atoms with van der Waals surface area (Å²) >= 11 is 0. The van der Waals surface area contributed by atoms with E-state index in [0.29, 0.717) is 6.42 Å². The van der Waals surface area contributed by atoms with Crippen molar-refractivity contribution in [2.45, 2.75) is 26.1 Å². The van der Waals surface area contributed by atoms with Crippen LogP contribution < -0.4 is 5.32 Å². The van der Waals surface area contributed by atoms with Crippen molar-refractivity contribution in [1.29, 1.82) is 0 Å². The molecule has 0 fully saturated rings. The van der Waals surface area contributed by atoms with Crippen LogP contribution in [0.3, 0.4) is 0 Å². The number of ether oxygens (including phenoxy) is 2. The van der Waals surface area contributed by atoms with Gasteiger partial charge in [0.05, 0.1) is 6.54 Å². The molecule has 5 heteroatoms. The van der Waals surface area contributed by atoms with Crippen LogP contribution in [0.15, 0.2) is 60.7 Å². The van der Waals surface area contributed by atoms with Gasteiger partial charge in [-0.25, -0.2) is 4.79 Å². The Balaban J connectivity index is 1.52. The van der Waals surface area contributed by atoms with Crippen molar-refractivity contribution in [2.24, 2.45) is 0 Å². The molecule has 0 saturated carbocycles. The van der Waals surface area contributed by atoms with Crippen LogP contribution in [0, 0.1) is 6.54 Å². The summed E-state index contributed by atoms with van der Waals surface area (Å²) in [5.41, 5.74) is 1.86. The molecule has 1 N–H and O–H groups in total. The van der Waals surface area contributed by atoms with E-state index in [0.717, 1.165) is 11.1 Å². The number of nitrogens with one attached hydrogen (secondary N) is 1. The number of carbonyl (C=O) groups excluding carboxylic acids is 2. The lowest BCUT2D eigenvalue weighted by Crippen LogP contribution is -2.22. The Labute approximate surface area is 141 Å². The molecule has 2 aromatic carbocycles. The van der Waals surface area contributed by atoms with Gasteiger partial charge in [-0.15, -0.1) is 0 Å². The minimum Gasteiger partial charge on any atom is -0.461 e. The maximum absolute atomic E-state index is 11.6. The highest BCUT2D eigenvalue weighted by Crippen LogP contribution is 2.04. The smallest absolute Gasteiger partial charge is 0.407 e. The second-order valence-electron chi connectivity index (χ2n) is 5.10. The Morgan fingerprint density at radius 1 is 0.833 bits per heavy atom. The van der Waals surface area contributed by atoms with E-state index in [4.69, 9.17) is 9.47 Å². The molecule has 24 heavy (non-hydrogen) atoms. The van der Waals surface area contributed by atoms with E-state index in [2.05, 4.69) is 5.32 Å². The molecule has 2 aromatic rings. The molecule has 2 rings (SSSR count). The van der Waals surface area contributed by atoms with Gasteiger partial charge in [0.25, 0.3) is 0 Å². The van der Waals surface area contributed by atoms with Gasteiger partial charge in [0, 0.05) is 6.42 Å². The first-order chi connectivity index (χ1) is 11.7. The zero-order chi connectivity index (χ0) is 17.0. The Kier molecular flexibility index (Phi) is 7.34. The van der Waals surface area contributed by atoms with Crippen LogP contribution in [0.25, 0.3) is 0 Å². The summed E-state index contributed by atoms with van der Waals surface area (Å²) in [6.07, 6.45) is 0.0383. The lowest BCUT2D eigenvalue weighted by Gasteiger charge is -2.07. The third-order valence-electron chi connectivity index (χ3n) is 3.17. The molecule has 0 aliphatic rings. The van der Waals surface area contributed by atoms with Crippen LogP contribution in [-0.4, -0.2) is 12.1 Å². The summed E-state index contributed by atoms with van der Waals surface area (Å²) in [5.74, 6) is -0.311. The van der Waals surface area contributed by atoms with E-state index in [-0.39, 0.29) is 25.6 Å². The van der Waals surface area contributed by atoms with E-state index in [1.165, 1.54) is 6.54 Å². The first-order valence-corrected chi connectivity index (χ1v) is 7.72. The number of carbonyl (C=O) groups is 2. The van der Waals surface area contributed by atoms with Crippen molar-refractivity contribution in [3.8, 4) is 0 Å².